The number of rotatable bonds is 13. The van der Waals surface area contributed by atoms with E-state index < -0.39 is 12.1 Å². The van der Waals surface area contributed by atoms with Crippen molar-refractivity contribution >= 4 is 11.9 Å². The minimum absolute atomic E-state index is 0.0702. The first-order chi connectivity index (χ1) is 11.1. The van der Waals surface area contributed by atoms with E-state index in [1.54, 1.807) is 0 Å². The molecule has 0 unspecified atom stereocenters. The van der Waals surface area contributed by atoms with Gasteiger partial charge in [0.05, 0.1) is 19.1 Å². The normalized spacial score (nSPS) is 18.7. The Hall–Kier alpha value is -1.10. The molecule has 0 aromatic carbocycles. The maximum atomic E-state index is 11.7. The smallest absolute Gasteiger partial charge is 0.328 e. The minimum atomic E-state index is -0.614. The maximum absolute atomic E-state index is 11.7. The molecule has 0 aliphatic carbocycles. The first kappa shape index (κ1) is 19.9. The third-order valence-electron chi connectivity index (χ3n) is 4.33. The summed E-state index contributed by atoms with van der Waals surface area (Å²) in [5.41, 5.74) is 0. The molecule has 0 spiro atoms. The Balaban J connectivity index is 1.94. The summed E-state index contributed by atoms with van der Waals surface area (Å²) in [5, 5.41) is 12.5. The summed E-state index contributed by atoms with van der Waals surface area (Å²) in [5.74, 6) is -0.635. The van der Waals surface area contributed by atoms with Gasteiger partial charge in [0.15, 0.2) is 0 Å². The lowest BCUT2D eigenvalue weighted by atomic mass is 10.0. The van der Waals surface area contributed by atoms with Gasteiger partial charge in [-0.2, -0.15) is 0 Å². The lowest BCUT2D eigenvalue weighted by molar-refractivity contribution is -0.141. The molecule has 0 bridgehead atoms. The van der Waals surface area contributed by atoms with Gasteiger partial charge in [0.25, 0.3) is 0 Å². The van der Waals surface area contributed by atoms with Gasteiger partial charge in [-0.3, -0.25) is 4.79 Å². The number of carbonyl (C=O) groups excluding carboxylic acids is 2. The predicted molar refractivity (Wildman–Crippen MR) is 90.0 cm³/mol. The number of amides is 1. The van der Waals surface area contributed by atoms with Gasteiger partial charge in [0.1, 0.15) is 6.04 Å². The number of cyclic esters (lactones) is 1. The molecule has 0 radical (unpaired) electrons. The monoisotopic (exact) mass is 327 g/mol. The highest BCUT2D eigenvalue weighted by molar-refractivity contribution is 5.85. The van der Waals surface area contributed by atoms with Crippen LogP contribution in [0, 0.1) is 0 Å². The van der Waals surface area contributed by atoms with Gasteiger partial charge in [0, 0.05) is 6.42 Å². The molecule has 1 saturated heterocycles. The van der Waals surface area contributed by atoms with Crippen molar-refractivity contribution < 1.29 is 19.4 Å². The zero-order valence-electron chi connectivity index (χ0n) is 14.5. The fraction of sp³-hybridized carbons (Fsp3) is 0.889. The van der Waals surface area contributed by atoms with Crippen LogP contribution in [0.2, 0.25) is 0 Å². The second kappa shape index (κ2) is 12.3. The van der Waals surface area contributed by atoms with Crippen LogP contribution in [0.1, 0.15) is 84.0 Å². The van der Waals surface area contributed by atoms with Gasteiger partial charge in [-0.15, -0.1) is 0 Å². The molecule has 1 fully saturated rings. The second-order valence-electron chi connectivity index (χ2n) is 6.55. The van der Waals surface area contributed by atoms with Crippen molar-refractivity contribution in [3.05, 3.63) is 0 Å². The minimum Gasteiger partial charge on any atom is -0.464 e. The van der Waals surface area contributed by atoms with Crippen LogP contribution in [-0.4, -0.2) is 35.7 Å². The first-order valence-corrected chi connectivity index (χ1v) is 9.27. The van der Waals surface area contributed by atoms with Crippen molar-refractivity contribution in [1.29, 1.82) is 0 Å². The van der Waals surface area contributed by atoms with Gasteiger partial charge in [-0.05, 0) is 6.42 Å². The van der Waals surface area contributed by atoms with Gasteiger partial charge in [-0.1, -0.05) is 64.7 Å². The molecule has 23 heavy (non-hydrogen) atoms. The Labute approximate surface area is 140 Å². The van der Waals surface area contributed by atoms with Crippen molar-refractivity contribution in [3.63, 3.8) is 0 Å². The number of ether oxygens (including phenoxy) is 1. The summed E-state index contributed by atoms with van der Waals surface area (Å²) < 4.78 is 4.79. The Morgan fingerprint density at radius 1 is 1.17 bits per heavy atom. The summed E-state index contributed by atoms with van der Waals surface area (Å²) in [7, 11) is 0. The summed E-state index contributed by atoms with van der Waals surface area (Å²) in [6.45, 7) is 2.59. The lowest BCUT2D eigenvalue weighted by Crippen LogP contribution is -2.39. The molecular formula is C18H33NO4. The van der Waals surface area contributed by atoms with E-state index in [4.69, 9.17) is 4.74 Å². The molecule has 0 aromatic rings. The molecule has 2 N–H and O–H groups in total. The summed E-state index contributed by atoms with van der Waals surface area (Å²) in [6, 6.07) is -0.526. The zero-order chi connectivity index (χ0) is 16.9. The molecule has 1 aliphatic rings. The van der Waals surface area contributed by atoms with Gasteiger partial charge < -0.3 is 15.2 Å². The molecule has 1 rings (SSSR count). The fourth-order valence-corrected chi connectivity index (χ4v) is 2.89. The Morgan fingerprint density at radius 2 is 1.78 bits per heavy atom. The third-order valence-corrected chi connectivity index (χ3v) is 4.33. The molecule has 2 atom stereocenters. The van der Waals surface area contributed by atoms with Gasteiger partial charge in [0.2, 0.25) is 5.91 Å². The molecular weight excluding hydrogens is 294 g/mol. The molecule has 1 aliphatic heterocycles. The van der Waals surface area contributed by atoms with E-state index in [1.807, 2.05) is 0 Å². The highest BCUT2D eigenvalue weighted by Gasteiger charge is 2.28. The number of esters is 1. The van der Waals surface area contributed by atoms with Gasteiger partial charge >= 0.3 is 5.97 Å². The van der Waals surface area contributed by atoms with E-state index in [2.05, 4.69) is 12.2 Å². The summed E-state index contributed by atoms with van der Waals surface area (Å²) in [6.07, 6.45) is 11.8. The number of nitrogens with one attached hydrogen (secondary N) is 1. The van der Waals surface area contributed by atoms with E-state index >= 15 is 0 Å². The van der Waals surface area contributed by atoms with Crippen LogP contribution in [0.4, 0.5) is 0 Å². The number of unbranched alkanes of at least 4 members (excludes halogenated alkanes) is 8. The second-order valence-corrected chi connectivity index (χ2v) is 6.55. The maximum Gasteiger partial charge on any atom is 0.328 e. The Bertz CT molecular complexity index is 346. The van der Waals surface area contributed by atoms with Crippen LogP contribution in [0.15, 0.2) is 0 Å². The molecule has 0 saturated carbocycles. The Kier molecular flexibility index (Phi) is 10.7. The summed E-state index contributed by atoms with van der Waals surface area (Å²) >= 11 is 0. The quantitative estimate of drug-likeness (QED) is 0.403. The first-order valence-electron chi connectivity index (χ1n) is 9.27. The van der Waals surface area contributed by atoms with Crippen LogP contribution in [0.5, 0.6) is 0 Å². The molecule has 5 heteroatoms. The summed E-state index contributed by atoms with van der Waals surface area (Å²) in [4.78, 5) is 23.0. The average molecular weight is 327 g/mol. The highest BCUT2D eigenvalue weighted by Crippen LogP contribution is 2.13. The predicted octanol–water partition coefficient (Wildman–Crippen LogP) is 3.09. The lowest BCUT2D eigenvalue weighted by Gasteiger charge is -2.12. The molecule has 0 aromatic heterocycles. The van der Waals surface area contributed by atoms with Crippen molar-refractivity contribution in [2.24, 2.45) is 0 Å². The van der Waals surface area contributed by atoms with Crippen LogP contribution in [0.25, 0.3) is 0 Å². The zero-order valence-corrected chi connectivity index (χ0v) is 14.5. The number of hydrogen-bond donors (Lipinski definition) is 2. The molecule has 134 valence electrons. The van der Waals surface area contributed by atoms with Crippen LogP contribution >= 0.6 is 0 Å². The van der Waals surface area contributed by atoms with Crippen LogP contribution in [0.3, 0.4) is 0 Å². The van der Waals surface area contributed by atoms with Crippen LogP contribution < -0.4 is 5.32 Å². The Morgan fingerprint density at radius 3 is 2.35 bits per heavy atom. The number of hydrogen-bond acceptors (Lipinski definition) is 4. The number of aliphatic hydroxyl groups is 1. The largest absolute Gasteiger partial charge is 0.464 e. The van der Waals surface area contributed by atoms with Crippen molar-refractivity contribution in [2.45, 2.75) is 96.1 Å². The highest BCUT2D eigenvalue weighted by atomic mass is 16.5. The standard InChI is InChI=1S/C18H33NO4/c1-2-3-4-5-6-7-8-9-10-11-15(20)14-17(21)19-16-12-13-23-18(16)22/h15-16,20H,2-14H2,1H3,(H,19,21)/t15-,16+/m1/s1. The fourth-order valence-electron chi connectivity index (χ4n) is 2.89. The van der Waals surface area contributed by atoms with E-state index in [-0.39, 0.29) is 18.3 Å². The number of aliphatic hydroxyl groups excluding tert-OH is 1. The van der Waals surface area contributed by atoms with Crippen molar-refractivity contribution in [1.82, 2.24) is 5.32 Å². The van der Waals surface area contributed by atoms with Crippen molar-refractivity contribution in [2.75, 3.05) is 6.61 Å². The van der Waals surface area contributed by atoms with E-state index in [1.165, 1.54) is 44.9 Å². The molecule has 5 nitrogen and oxygen atoms in total. The topological polar surface area (TPSA) is 75.6 Å². The van der Waals surface area contributed by atoms with Crippen LogP contribution in [-0.2, 0) is 14.3 Å². The van der Waals surface area contributed by atoms with E-state index in [9.17, 15) is 14.7 Å². The molecule has 1 heterocycles. The average Bonchev–Trinajstić information content (AvgIpc) is 2.90. The SMILES string of the molecule is CCCCCCCCCCC[C@@H](O)CC(=O)N[C@H]1CCOC1=O. The van der Waals surface area contributed by atoms with Crippen molar-refractivity contribution in [3.8, 4) is 0 Å². The third kappa shape index (κ3) is 9.59. The number of carbonyl (C=O) groups is 2. The molecule has 1 amide bonds. The van der Waals surface area contributed by atoms with E-state index in [0.717, 1.165) is 12.8 Å². The van der Waals surface area contributed by atoms with E-state index in [0.29, 0.717) is 19.4 Å². The van der Waals surface area contributed by atoms with Gasteiger partial charge in [-0.25, -0.2) is 4.79 Å².